The molecule has 1 amide bonds. The number of para-hydroxylation sites is 1. The molecule has 0 saturated carbocycles. The van der Waals surface area contributed by atoms with Crippen molar-refractivity contribution in [3.05, 3.63) is 58.4 Å². The highest BCUT2D eigenvalue weighted by molar-refractivity contribution is 5.92. The number of nitrogens with two attached hydrogens (primary N) is 1. The van der Waals surface area contributed by atoms with Crippen molar-refractivity contribution < 1.29 is 9.72 Å². The van der Waals surface area contributed by atoms with E-state index in [1.165, 1.54) is 10.8 Å². The molecule has 0 aliphatic heterocycles. The number of carbonyl (C=O) groups excluding carboxylic acids is 1. The molecule has 0 aliphatic carbocycles. The number of nitrogens with zero attached hydrogens (tertiary/aromatic N) is 2. The maximum absolute atomic E-state index is 11.2. The lowest BCUT2D eigenvalue weighted by Gasteiger charge is -2.04. The molecular weight excluding hydrogens is 222 g/mol. The summed E-state index contributed by atoms with van der Waals surface area (Å²) in [5.41, 5.74) is 5.75. The second-order valence-electron chi connectivity index (χ2n) is 3.41. The van der Waals surface area contributed by atoms with Gasteiger partial charge in [-0.1, -0.05) is 18.2 Å². The topological polar surface area (TPSA) is 91.2 Å². The van der Waals surface area contributed by atoms with E-state index in [-0.39, 0.29) is 11.4 Å². The third-order valence-electron chi connectivity index (χ3n) is 2.30. The predicted molar refractivity (Wildman–Crippen MR) is 60.9 cm³/mol. The van der Waals surface area contributed by atoms with Gasteiger partial charge in [-0.3, -0.25) is 14.9 Å². The normalized spacial score (nSPS) is 10.1. The minimum absolute atomic E-state index is 0.0860. The molecule has 1 aromatic carbocycles. The van der Waals surface area contributed by atoms with Crippen molar-refractivity contribution in [3.8, 4) is 5.69 Å². The van der Waals surface area contributed by atoms with Gasteiger partial charge >= 0.3 is 0 Å². The van der Waals surface area contributed by atoms with E-state index in [0.717, 1.165) is 6.07 Å². The van der Waals surface area contributed by atoms with Crippen molar-refractivity contribution in [3.63, 3.8) is 0 Å². The first-order valence-corrected chi connectivity index (χ1v) is 4.81. The Hall–Kier alpha value is -2.63. The lowest BCUT2D eigenvalue weighted by atomic mass is 10.3. The fourth-order valence-corrected chi connectivity index (χ4v) is 1.54. The van der Waals surface area contributed by atoms with Crippen LogP contribution in [0.2, 0.25) is 0 Å². The van der Waals surface area contributed by atoms with E-state index in [0.29, 0.717) is 5.69 Å². The number of carbonyl (C=O) groups is 1. The molecule has 0 spiro atoms. The van der Waals surface area contributed by atoms with Crippen LogP contribution in [0.15, 0.2) is 42.6 Å². The summed E-state index contributed by atoms with van der Waals surface area (Å²) >= 11 is 0. The molecule has 6 heteroatoms. The van der Waals surface area contributed by atoms with Crippen LogP contribution in [0, 0.1) is 10.1 Å². The Bertz CT molecular complexity index is 575. The maximum atomic E-state index is 11.2. The fraction of sp³-hybridized carbons (Fsp3) is 0. The van der Waals surface area contributed by atoms with E-state index in [1.807, 2.05) is 6.07 Å². The number of aromatic nitrogens is 1. The van der Waals surface area contributed by atoms with E-state index in [9.17, 15) is 14.9 Å². The molecule has 17 heavy (non-hydrogen) atoms. The molecular formula is C11H9N3O3. The number of hydrogen-bond donors (Lipinski definition) is 1. The standard InChI is InChI=1S/C11H9N3O3/c12-11(15)10-6-9(14(16)17)7-13(10)8-4-2-1-3-5-8/h1-7H,(H2,12,15). The third-order valence-corrected chi connectivity index (χ3v) is 2.30. The Morgan fingerprint density at radius 1 is 1.29 bits per heavy atom. The first-order valence-electron chi connectivity index (χ1n) is 4.81. The Balaban J connectivity index is 2.60. The van der Waals surface area contributed by atoms with Crippen molar-refractivity contribution in [1.29, 1.82) is 0 Å². The lowest BCUT2D eigenvalue weighted by molar-refractivity contribution is -0.384. The van der Waals surface area contributed by atoms with Crippen molar-refractivity contribution in [2.75, 3.05) is 0 Å². The molecule has 0 bridgehead atoms. The van der Waals surface area contributed by atoms with Crippen LogP contribution in [-0.2, 0) is 0 Å². The Labute approximate surface area is 96.4 Å². The van der Waals surface area contributed by atoms with E-state index >= 15 is 0 Å². The number of benzene rings is 1. The molecule has 0 saturated heterocycles. The second kappa shape index (κ2) is 4.09. The highest BCUT2D eigenvalue weighted by Crippen LogP contribution is 2.20. The van der Waals surface area contributed by atoms with Crippen LogP contribution in [0.3, 0.4) is 0 Å². The molecule has 1 aromatic heterocycles. The zero-order chi connectivity index (χ0) is 12.4. The van der Waals surface area contributed by atoms with Crippen molar-refractivity contribution >= 4 is 11.6 Å². The summed E-state index contributed by atoms with van der Waals surface area (Å²) in [6, 6.07) is 9.98. The molecule has 0 atom stereocenters. The van der Waals surface area contributed by atoms with Gasteiger partial charge in [0, 0.05) is 11.8 Å². The first-order chi connectivity index (χ1) is 8.09. The van der Waals surface area contributed by atoms with Crippen molar-refractivity contribution in [1.82, 2.24) is 4.57 Å². The number of primary amides is 1. The summed E-state index contributed by atoms with van der Waals surface area (Å²) in [5, 5.41) is 10.7. The molecule has 1 heterocycles. The van der Waals surface area contributed by atoms with Gasteiger partial charge in [-0.2, -0.15) is 0 Å². The average Bonchev–Trinajstić information content (AvgIpc) is 2.75. The van der Waals surface area contributed by atoms with E-state index in [2.05, 4.69) is 0 Å². The molecule has 0 fully saturated rings. The fourth-order valence-electron chi connectivity index (χ4n) is 1.54. The van der Waals surface area contributed by atoms with Gasteiger partial charge in [0.25, 0.3) is 11.6 Å². The summed E-state index contributed by atoms with van der Waals surface area (Å²) in [6.07, 6.45) is 1.27. The minimum atomic E-state index is -0.707. The molecule has 0 aliphatic rings. The quantitative estimate of drug-likeness (QED) is 0.640. The highest BCUT2D eigenvalue weighted by Gasteiger charge is 2.18. The van der Waals surface area contributed by atoms with Crippen LogP contribution in [-0.4, -0.2) is 15.4 Å². The van der Waals surface area contributed by atoms with Gasteiger partial charge in [-0.15, -0.1) is 0 Å². The summed E-state index contributed by atoms with van der Waals surface area (Å²) in [7, 11) is 0. The number of rotatable bonds is 3. The predicted octanol–water partition coefficient (Wildman–Crippen LogP) is 1.48. The number of nitro groups is 1. The molecule has 0 unspecified atom stereocenters. The van der Waals surface area contributed by atoms with Gasteiger partial charge in [0.15, 0.2) is 0 Å². The summed E-state index contributed by atoms with van der Waals surface area (Å²) in [4.78, 5) is 21.3. The SMILES string of the molecule is NC(=O)c1cc([N+](=O)[O-])cn1-c1ccccc1. The van der Waals surface area contributed by atoms with Gasteiger partial charge in [0.2, 0.25) is 0 Å². The Morgan fingerprint density at radius 3 is 2.47 bits per heavy atom. The lowest BCUT2D eigenvalue weighted by Crippen LogP contribution is -2.15. The molecule has 6 nitrogen and oxygen atoms in total. The Kier molecular flexibility index (Phi) is 2.61. The van der Waals surface area contributed by atoms with E-state index in [1.54, 1.807) is 24.3 Å². The summed E-state index contributed by atoms with van der Waals surface area (Å²) in [6.45, 7) is 0. The summed E-state index contributed by atoms with van der Waals surface area (Å²) in [5.74, 6) is -0.707. The van der Waals surface area contributed by atoms with E-state index < -0.39 is 10.8 Å². The number of hydrogen-bond acceptors (Lipinski definition) is 3. The molecule has 2 aromatic rings. The van der Waals surface area contributed by atoms with Crippen molar-refractivity contribution in [2.45, 2.75) is 0 Å². The average molecular weight is 231 g/mol. The zero-order valence-corrected chi connectivity index (χ0v) is 8.74. The molecule has 2 N–H and O–H groups in total. The van der Waals surface area contributed by atoms with Gasteiger partial charge < -0.3 is 10.3 Å². The maximum Gasteiger partial charge on any atom is 0.288 e. The molecule has 0 radical (unpaired) electrons. The smallest absolute Gasteiger partial charge is 0.288 e. The van der Waals surface area contributed by atoms with Gasteiger partial charge in [-0.25, -0.2) is 0 Å². The van der Waals surface area contributed by atoms with Gasteiger partial charge in [0.05, 0.1) is 11.1 Å². The number of amides is 1. The van der Waals surface area contributed by atoms with Crippen molar-refractivity contribution in [2.24, 2.45) is 5.73 Å². The van der Waals surface area contributed by atoms with Gasteiger partial charge in [0.1, 0.15) is 5.69 Å². The van der Waals surface area contributed by atoms with Crippen LogP contribution in [0.4, 0.5) is 5.69 Å². The third kappa shape index (κ3) is 2.00. The monoisotopic (exact) mass is 231 g/mol. The Morgan fingerprint density at radius 2 is 1.94 bits per heavy atom. The van der Waals surface area contributed by atoms with Crippen LogP contribution in [0.1, 0.15) is 10.5 Å². The first kappa shape index (κ1) is 10.9. The van der Waals surface area contributed by atoms with Gasteiger partial charge in [-0.05, 0) is 12.1 Å². The van der Waals surface area contributed by atoms with Crippen LogP contribution in [0.25, 0.3) is 5.69 Å². The van der Waals surface area contributed by atoms with E-state index in [4.69, 9.17) is 5.73 Å². The van der Waals surface area contributed by atoms with Crippen LogP contribution >= 0.6 is 0 Å². The summed E-state index contributed by atoms with van der Waals surface area (Å²) < 4.78 is 1.40. The minimum Gasteiger partial charge on any atom is -0.364 e. The zero-order valence-electron chi connectivity index (χ0n) is 8.74. The molecule has 86 valence electrons. The second-order valence-corrected chi connectivity index (χ2v) is 3.41. The van der Waals surface area contributed by atoms with Crippen LogP contribution < -0.4 is 5.73 Å². The van der Waals surface area contributed by atoms with Crippen LogP contribution in [0.5, 0.6) is 0 Å². The largest absolute Gasteiger partial charge is 0.364 e. The molecule has 2 rings (SSSR count). The highest BCUT2D eigenvalue weighted by atomic mass is 16.6.